The molecule has 0 amide bonds. The van der Waals surface area contributed by atoms with E-state index in [1.165, 1.54) is 44.9 Å². The van der Waals surface area contributed by atoms with Crippen molar-refractivity contribution in [2.24, 2.45) is 0 Å². The van der Waals surface area contributed by atoms with E-state index in [0.717, 1.165) is 25.7 Å². The smallest absolute Gasteiger partial charge is 0.282 e. The van der Waals surface area contributed by atoms with Crippen molar-refractivity contribution >= 4 is 21.9 Å². The second kappa shape index (κ2) is 13.5. The number of halogens is 4. The molecule has 0 aliphatic rings. The maximum Gasteiger partial charge on any atom is 0.300 e. The van der Waals surface area contributed by atoms with Gasteiger partial charge in [-0.3, -0.25) is 4.55 Å². The quantitative estimate of drug-likeness (QED) is 0.0986. The van der Waals surface area contributed by atoms with Gasteiger partial charge in [0, 0.05) is 0 Å². The maximum absolute atomic E-state index is 13.9. The molecule has 1 aromatic carbocycles. The SMILES string of the molecule is CCCCCCCCCCCCCCSc1c(F)c(F)c(S(=O)(=O)O)c(F)c1F. The van der Waals surface area contributed by atoms with Gasteiger partial charge in [0.15, 0.2) is 28.2 Å². The summed E-state index contributed by atoms with van der Waals surface area (Å²) in [4.78, 5) is -2.90. The molecule has 0 aromatic heterocycles. The van der Waals surface area contributed by atoms with Crippen molar-refractivity contribution in [3.8, 4) is 0 Å². The first-order valence-electron chi connectivity index (χ1n) is 10.2. The lowest BCUT2D eigenvalue weighted by Crippen LogP contribution is -2.11. The van der Waals surface area contributed by atoms with Gasteiger partial charge in [0.25, 0.3) is 0 Å². The Morgan fingerprint density at radius 2 is 1.07 bits per heavy atom. The zero-order valence-corrected chi connectivity index (χ0v) is 18.4. The van der Waals surface area contributed by atoms with E-state index in [9.17, 15) is 26.0 Å². The Kier molecular flexibility index (Phi) is 12.2. The van der Waals surface area contributed by atoms with Crippen molar-refractivity contribution in [2.75, 3.05) is 5.75 Å². The summed E-state index contributed by atoms with van der Waals surface area (Å²) >= 11 is 0.596. The van der Waals surface area contributed by atoms with Crippen LogP contribution < -0.4 is 0 Å². The highest BCUT2D eigenvalue weighted by atomic mass is 32.2. The van der Waals surface area contributed by atoms with Gasteiger partial charge < -0.3 is 0 Å². The monoisotopic (exact) mass is 458 g/mol. The predicted octanol–water partition coefficient (Wildman–Crippen LogP) is 7.28. The Morgan fingerprint density at radius 1 is 0.690 bits per heavy atom. The van der Waals surface area contributed by atoms with Crippen LogP contribution in [0.2, 0.25) is 0 Å². The number of benzene rings is 1. The molecule has 9 heteroatoms. The highest BCUT2D eigenvalue weighted by Gasteiger charge is 2.32. The van der Waals surface area contributed by atoms with Crippen LogP contribution in [0.15, 0.2) is 9.79 Å². The molecule has 0 heterocycles. The summed E-state index contributed by atoms with van der Waals surface area (Å²) in [7, 11) is -5.41. The molecule has 29 heavy (non-hydrogen) atoms. The largest absolute Gasteiger partial charge is 0.300 e. The summed E-state index contributed by atoms with van der Waals surface area (Å²) in [6.45, 7) is 2.20. The van der Waals surface area contributed by atoms with Crippen LogP contribution in [0.5, 0.6) is 0 Å². The average molecular weight is 459 g/mol. The standard InChI is InChI=1S/C20H30F4O3S2/c1-2-3-4-5-6-7-8-9-10-11-12-13-14-28-19-15(21)17(23)20(29(25,26)27)18(24)16(19)22/h2-14H2,1H3,(H,25,26,27). The van der Waals surface area contributed by atoms with E-state index in [2.05, 4.69) is 6.92 Å². The molecule has 3 nitrogen and oxygen atoms in total. The molecule has 168 valence electrons. The molecule has 0 spiro atoms. The van der Waals surface area contributed by atoms with Gasteiger partial charge in [-0.1, -0.05) is 77.6 Å². The third-order valence-electron chi connectivity index (χ3n) is 4.69. The van der Waals surface area contributed by atoms with Gasteiger partial charge in [-0.05, 0) is 12.2 Å². The minimum atomic E-state index is -5.41. The van der Waals surface area contributed by atoms with E-state index >= 15 is 0 Å². The summed E-state index contributed by atoms with van der Waals surface area (Å²) in [6, 6.07) is 0. The summed E-state index contributed by atoms with van der Waals surface area (Å²) in [5.74, 6) is -7.58. The van der Waals surface area contributed by atoms with Crippen LogP contribution in [0.3, 0.4) is 0 Å². The Labute approximate surface area is 175 Å². The lowest BCUT2D eigenvalue weighted by atomic mass is 10.1. The summed E-state index contributed by atoms with van der Waals surface area (Å²) in [5, 5.41) is 0. The molecule has 0 fully saturated rings. The van der Waals surface area contributed by atoms with Crippen LogP contribution in [0.25, 0.3) is 0 Å². The van der Waals surface area contributed by atoms with Crippen LogP contribution in [-0.4, -0.2) is 18.7 Å². The van der Waals surface area contributed by atoms with Gasteiger partial charge in [-0.2, -0.15) is 8.42 Å². The van der Waals surface area contributed by atoms with Crippen molar-refractivity contribution in [2.45, 2.75) is 93.8 Å². The minimum absolute atomic E-state index is 0.245. The van der Waals surface area contributed by atoms with Crippen LogP contribution >= 0.6 is 11.8 Å². The van der Waals surface area contributed by atoms with Gasteiger partial charge in [-0.25, -0.2) is 17.6 Å². The van der Waals surface area contributed by atoms with Crippen LogP contribution in [0.4, 0.5) is 17.6 Å². The van der Waals surface area contributed by atoms with Gasteiger partial charge >= 0.3 is 10.1 Å². The van der Waals surface area contributed by atoms with Crippen LogP contribution in [0, 0.1) is 23.3 Å². The molecular formula is C20H30F4O3S2. The summed E-state index contributed by atoms with van der Waals surface area (Å²) in [5.41, 5.74) is 0. The molecule has 0 unspecified atom stereocenters. The molecule has 0 aliphatic carbocycles. The number of thioether (sulfide) groups is 1. The zero-order chi connectivity index (χ0) is 21.9. The third-order valence-corrected chi connectivity index (χ3v) is 6.70. The molecule has 0 aliphatic heterocycles. The zero-order valence-electron chi connectivity index (χ0n) is 16.8. The molecule has 1 N–H and O–H groups in total. The van der Waals surface area contributed by atoms with Crippen LogP contribution in [-0.2, 0) is 10.1 Å². The number of hydrogen-bond donors (Lipinski definition) is 1. The second-order valence-corrected chi connectivity index (χ2v) is 9.59. The summed E-state index contributed by atoms with van der Waals surface area (Å²) < 4.78 is 85.8. The number of unbranched alkanes of at least 4 members (excludes halogenated alkanes) is 11. The Morgan fingerprint density at radius 3 is 1.45 bits per heavy atom. The topological polar surface area (TPSA) is 54.4 Å². The van der Waals surface area contributed by atoms with Crippen molar-refractivity contribution in [3.63, 3.8) is 0 Å². The van der Waals surface area contributed by atoms with Crippen molar-refractivity contribution in [1.82, 2.24) is 0 Å². The average Bonchev–Trinajstić information content (AvgIpc) is 2.65. The number of hydrogen-bond acceptors (Lipinski definition) is 3. The molecule has 1 rings (SSSR count). The lowest BCUT2D eigenvalue weighted by molar-refractivity contribution is 0.384. The van der Waals surface area contributed by atoms with E-state index in [1.807, 2.05) is 0 Å². The first-order valence-corrected chi connectivity index (χ1v) is 12.6. The highest BCUT2D eigenvalue weighted by molar-refractivity contribution is 7.99. The van der Waals surface area contributed by atoms with E-state index in [-0.39, 0.29) is 5.75 Å². The molecule has 0 radical (unpaired) electrons. The fourth-order valence-electron chi connectivity index (χ4n) is 3.06. The highest BCUT2D eigenvalue weighted by Crippen LogP contribution is 2.34. The minimum Gasteiger partial charge on any atom is -0.282 e. The van der Waals surface area contributed by atoms with E-state index < -0.39 is 43.2 Å². The van der Waals surface area contributed by atoms with Crippen molar-refractivity contribution < 1.29 is 30.5 Å². The molecule has 0 saturated heterocycles. The summed E-state index contributed by atoms with van der Waals surface area (Å²) in [6.07, 6.45) is 13.5. The van der Waals surface area contributed by atoms with Gasteiger partial charge in [0.05, 0.1) is 4.90 Å². The molecular weight excluding hydrogens is 428 g/mol. The fraction of sp³-hybridized carbons (Fsp3) is 0.700. The normalized spacial score (nSPS) is 11.9. The Bertz CT molecular complexity index is 711. The predicted molar refractivity (Wildman–Crippen MR) is 108 cm³/mol. The number of rotatable bonds is 15. The van der Waals surface area contributed by atoms with Crippen molar-refractivity contribution in [1.29, 1.82) is 0 Å². The molecule has 0 bridgehead atoms. The van der Waals surface area contributed by atoms with Gasteiger partial charge in [0.1, 0.15) is 0 Å². The second-order valence-electron chi connectivity index (χ2n) is 7.13. The van der Waals surface area contributed by atoms with Gasteiger partial charge in [0.2, 0.25) is 0 Å². The maximum atomic E-state index is 13.9. The third kappa shape index (κ3) is 8.84. The van der Waals surface area contributed by atoms with Crippen LogP contribution in [0.1, 0.15) is 84.0 Å². The van der Waals surface area contributed by atoms with E-state index in [4.69, 9.17) is 4.55 Å². The molecule has 0 saturated carbocycles. The molecule has 1 aromatic rings. The Hall–Kier alpha value is -0.800. The lowest BCUT2D eigenvalue weighted by Gasteiger charge is -2.10. The van der Waals surface area contributed by atoms with E-state index in [0.29, 0.717) is 18.2 Å². The van der Waals surface area contributed by atoms with Crippen molar-refractivity contribution in [3.05, 3.63) is 23.3 Å². The van der Waals surface area contributed by atoms with Gasteiger partial charge in [-0.15, -0.1) is 11.8 Å². The first-order chi connectivity index (χ1) is 13.7. The Balaban J connectivity index is 2.31. The first kappa shape index (κ1) is 26.2. The molecule has 0 atom stereocenters. The fourth-order valence-corrected chi connectivity index (χ4v) is 4.68. The van der Waals surface area contributed by atoms with E-state index in [1.54, 1.807) is 0 Å².